The minimum Gasteiger partial charge on any atom is -0.462 e. The second-order valence-corrected chi connectivity index (χ2v) is 6.12. The largest absolute Gasteiger partial charge is 0.462 e. The summed E-state index contributed by atoms with van der Waals surface area (Å²) in [5.74, 6) is -0.471. The van der Waals surface area contributed by atoms with Gasteiger partial charge in [-0.25, -0.2) is 9.59 Å². The highest BCUT2D eigenvalue weighted by Gasteiger charge is 2.18. The van der Waals surface area contributed by atoms with Gasteiger partial charge in [0.2, 0.25) is 0 Å². The molecule has 142 valence electrons. The van der Waals surface area contributed by atoms with Crippen molar-refractivity contribution in [3.8, 4) is 0 Å². The van der Waals surface area contributed by atoms with Gasteiger partial charge in [0.15, 0.2) is 0 Å². The van der Waals surface area contributed by atoms with E-state index in [1.165, 1.54) is 0 Å². The van der Waals surface area contributed by atoms with E-state index < -0.39 is 12.0 Å². The Morgan fingerprint density at radius 2 is 1.36 bits per heavy atom. The van der Waals surface area contributed by atoms with Gasteiger partial charge in [0.25, 0.3) is 0 Å². The van der Waals surface area contributed by atoms with Gasteiger partial charge in [0.05, 0.1) is 23.9 Å². The van der Waals surface area contributed by atoms with Gasteiger partial charge < -0.3 is 15.4 Å². The molecule has 3 aromatic rings. The monoisotopic (exact) mass is 374 g/mol. The van der Waals surface area contributed by atoms with Gasteiger partial charge in [-0.3, -0.25) is 0 Å². The van der Waals surface area contributed by atoms with Crippen LogP contribution in [0.1, 0.15) is 34.5 Å². The van der Waals surface area contributed by atoms with Crippen molar-refractivity contribution in [1.82, 2.24) is 5.32 Å². The number of hydrogen-bond donors (Lipinski definition) is 2. The van der Waals surface area contributed by atoms with Gasteiger partial charge >= 0.3 is 12.0 Å². The second kappa shape index (κ2) is 9.37. The van der Waals surface area contributed by atoms with E-state index in [0.717, 1.165) is 11.1 Å². The van der Waals surface area contributed by atoms with Crippen LogP contribution in [-0.2, 0) is 4.74 Å². The Balaban J connectivity index is 1.81. The molecule has 0 aliphatic heterocycles. The first-order valence-electron chi connectivity index (χ1n) is 9.12. The molecule has 0 heterocycles. The van der Waals surface area contributed by atoms with Crippen LogP contribution in [0.2, 0.25) is 0 Å². The lowest BCUT2D eigenvalue weighted by molar-refractivity contribution is 0.0527. The molecule has 2 N–H and O–H groups in total. The topological polar surface area (TPSA) is 67.4 Å². The van der Waals surface area contributed by atoms with Gasteiger partial charge in [0.1, 0.15) is 0 Å². The molecule has 0 aromatic heterocycles. The number of anilines is 1. The van der Waals surface area contributed by atoms with Crippen LogP contribution in [0, 0.1) is 0 Å². The van der Waals surface area contributed by atoms with Crippen molar-refractivity contribution in [2.45, 2.75) is 13.0 Å². The lowest BCUT2D eigenvalue weighted by Gasteiger charge is -2.20. The molecule has 0 saturated carbocycles. The standard InChI is InChI=1S/C23H22N2O3/c1-2-28-22(26)19-15-9-10-16-20(19)24-23(27)25-21(17-11-5-3-6-12-17)18-13-7-4-8-14-18/h3-16,21H,2H2,1H3,(H2,24,25,27). The maximum atomic E-state index is 12.7. The summed E-state index contributed by atoms with van der Waals surface area (Å²) in [7, 11) is 0. The van der Waals surface area contributed by atoms with E-state index in [0.29, 0.717) is 11.3 Å². The zero-order valence-corrected chi connectivity index (χ0v) is 15.6. The maximum Gasteiger partial charge on any atom is 0.340 e. The number of para-hydroxylation sites is 1. The molecule has 0 fully saturated rings. The maximum absolute atomic E-state index is 12.7. The van der Waals surface area contributed by atoms with E-state index in [2.05, 4.69) is 10.6 Å². The molecule has 3 aromatic carbocycles. The van der Waals surface area contributed by atoms with Crippen LogP contribution in [0.4, 0.5) is 10.5 Å². The summed E-state index contributed by atoms with van der Waals surface area (Å²) >= 11 is 0. The Kier molecular flexibility index (Phi) is 6.41. The fourth-order valence-electron chi connectivity index (χ4n) is 2.92. The number of hydrogen-bond acceptors (Lipinski definition) is 3. The highest BCUT2D eigenvalue weighted by atomic mass is 16.5. The van der Waals surface area contributed by atoms with Gasteiger partial charge in [-0.1, -0.05) is 72.8 Å². The molecule has 0 radical (unpaired) electrons. The summed E-state index contributed by atoms with van der Waals surface area (Å²) in [5, 5.41) is 5.76. The summed E-state index contributed by atoms with van der Waals surface area (Å²) in [6, 6.07) is 25.5. The number of urea groups is 1. The molecule has 28 heavy (non-hydrogen) atoms. The van der Waals surface area contributed by atoms with Gasteiger partial charge in [0, 0.05) is 0 Å². The fourth-order valence-corrected chi connectivity index (χ4v) is 2.92. The Morgan fingerprint density at radius 1 is 0.821 bits per heavy atom. The number of ether oxygens (including phenoxy) is 1. The van der Waals surface area contributed by atoms with Crippen molar-refractivity contribution >= 4 is 17.7 Å². The van der Waals surface area contributed by atoms with Crippen molar-refractivity contribution in [2.24, 2.45) is 0 Å². The lowest BCUT2D eigenvalue weighted by atomic mass is 9.99. The van der Waals surface area contributed by atoms with E-state index in [1.807, 2.05) is 60.7 Å². The molecule has 5 nitrogen and oxygen atoms in total. The van der Waals surface area contributed by atoms with Crippen LogP contribution in [0.3, 0.4) is 0 Å². The number of carbonyl (C=O) groups excluding carboxylic acids is 2. The molecular formula is C23H22N2O3. The van der Waals surface area contributed by atoms with Crippen molar-refractivity contribution in [3.63, 3.8) is 0 Å². The molecule has 0 unspecified atom stereocenters. The minimum atomic E-state index is -0.471. The summed E-state index contributed by atoms with van der Waals surface area (Å²) in [6.07, 6.45) is 0. The van der Waals surface area contributed by atoms with Gasteiger partial charge in [-0.05, 0) is 30.2 Å². The summed E-state index contributed by atoms with van der Waals surface area (Å²) < 4.78 is 5.06. The zero-order valence-electron chi connectivity index (χ0n) is 15.6. The molecule has 2 amide bonds. The third-order valence-corrected chi connectivity index (χ3v) is 4.21. The fraction of sp³-hybridized carbons (Fsp3) is 0.130. The molecule has 5 heteroatoms. The van der Waals surface area contributed by atoms with Gasteiger partial charge in [-0.2, -0.15) is 0 Å². The van der Waals surface area contributed by atoms with Crippen molar-refractivity contribution in [1.29, 1.82) is 0 Å². The SMILES string of the molecule is CCOC(=O)c1ccccc1NC(=O)NC(c1ccccc1)c1ccccc1. The summed E-state index contributed by atoms with van der Waals surface area (Å²) in [6.45, 7) is 2.01. The first kappa shape index (κ1) is 19.2. The Bertz CT molecular complexity index is 887. The minimum absolute atomic E-state index is 0.267. The predicted octanol–water partition coefficient (Wildman–Crippen LogP) is 4.77. The quantitative estimate of drug-likeness (QED) is 0.611. The van der Waals surface area contributed by atoms with Crippen molar-refractivity contribution in [2.75, 3.05) is 11.9 Å². The third kappa shape index (κ3) is 4.76. The summed E-state index contributed by atoms with van der Waals surface area (Å²) in [5.41, 5.74) is 2.64. The molecule has 0 saturated heterocycles. The average Bonchev–Trinajstić information content (AvgIpc) is 2.74. The second-order valence-electron chi connectivity index (χ2n) is 6.12. The molecular weight excluding hydrogens is 352 g/mol. The van der Waals surface area contributed by atoms with Crippen LogP contribution in [0.15, 0.2) is 84.9 Å². The molecule has 0 bridgehead atoms. The normalized spacial score (nSPS) is 10.4. The lowest BCUT2D eigenvalue weighted by Crippen LogP contribution is -2.33. The van der Waals surface area contributed by atoms with E-state index in [4.69, 9.17) is 4.74 Å². The van der Waals surface area contributed by atoms with Crippen LogP contribution in [0.25, 0.3) is 0 Å². The van der Waals surface area contributed by atoms with E-state index in [1.54, 1.807) is 31.2 Å². The van der Waals surface area contributed by atoms with E-state index in [9.17, 15) is 9.59 Å². The Hall–Kier alpha value is -3.60. The molecule has 0 aliphatic rings. The number of amides is 2. The highest BCUT2D eigenvalue weighted by Crippen LogP contribution is 2.22. The van der Waals surface area contributed by atoms with E-state index >= 15 is 0 Å². The molecule has 0 aliphatic carbocycles. The van der Waals surface area contributed by atoms with E-state index in [-0.39, 0.29) is 12.6 Å². The first-order valence-corrected chi connectivity index (χ1v) is 9.12. The number of carbonyl (C=O) groups is 2. The number of esters is 1. The third-order valence-electron chi connectivity index (χ3n) is 4.21. The number of nitrogens with one attached hydrogen (secondary N) is 2. The van der Waals surface area contributed by atoms with Crippen LogP contribution in [-0.4, -0.2) is 18.6 Å². The van der Waals surface area contributed by atoms with Crippen LogP contribution in [0.5, 0.6) is 0 Å². The Morgan fingerprint density at radius 3 is 1.93 bits per heavy atom. The molecule has 0 spiro atoms. The van der Waals surface area contributed by atoms with Crippen LogP contribution >= 0.6 is 0 Å². The average molecular weight is 374 g/mol. The first-order chi connectivity index (χ1) is 13.7. The Labute approximate surface area is 164 Å². The van der Waals surface area contributed by atoms with Crippen molar-refractivity contribution < 1.29 is 14.3 Å². The molecule has 0 atom stereocenters. The zero-order chi connectivity index (χ0) is 19.8. The smallest absolute Gasteiger partial charge is 0.340 e. The predicted molar refractivity (Wildman–Crippen MR) is 109 cm³/mol. The van der Waals surface area contributed by atoms with Gasteiger partial charge in [-0.15, -0.1) is 0 Å². The summed E-state index contributed by atoms with van der Waals surface area (Å²) in [4.78, 5) is 24.8. The number of benzene rings is 3. The molecule has 3 rings (SSSR count). The highest BCUT2D eigenvalue weighted by molar-refractivity contribution is 6.00. The number of rotatable bonds is 6. The van der Waals surface area contributed by atoms with Crippen LogP contribution < -0.4 is 10.6 Å². The van der Waals surface area contributed by atoms with Crippen molar-refractivity contribution in [3.05, 3.63) is 102 Å².